The molecule has 2 heterocycles. The first-order valence-electron chi connectivity index (χ1n) is 8.35. The third-order valence-electron chi connectivity index (χ3n) is 4.31. The van der Waals surface area contributed by atoms with Crippen LogP contribution >= 0.6 is 10.7 Å². The predicted octanol–water partition coefficient (Wildman–Crippen LogP) is 3.04. The van der Waals surface area contributed by atoms with Gasteiger partial charge in [-0.2, -0.15) is 5.10 Å². The normalized spacial score (nSPS) is 12.1. The van der Waals surface area contributed by atoms with Gasteiger partial charge >= 0.3 is 0 Å². The number of benzene rings is 1. The summed E-state index contributed by atoms with van der Waals surface area (Å²) in [5.74, 6) is 10.7. The minimum Gasteiger partial charge on any atom is -0.324 e. The molecule has 0 spiro atoms. The van der Waals surface area contributed by atoms with Gasteiger partial charge in [-0.1, -0.05) is 31.5 Å². The summed E-state index contributed by atoms with van der Waals surface area (Å²) >= 11 is 0. The first-order chi connectivity index (χ1) is 12.5. The van der Waals surface area contributed by atoms with E-state index in [1.54, 1.807) is 6.20 Å². The highest BCUT2D eigenvalue weighted by atomic mass is 32.2. The van der Waals surface area contributed by atoms with Crippen LogP contribution in [0.5, 0.6) is 0 Å². The molecule has 1 atom stereocenters. The van der Waals surface area contributed by atoms with E-state index in [1.807, 2.05) is 30.1 Å². The SMILES string of the molecule is C=C(NN)c1ccc(CN(c2cccc3cnn(C)c23)S(=C)CC)nc1. The Hall–Kier alpha value is -2.64. The molecular weight excluding hydrogens is 344 g/mol. The molecule has 0 aliphatic rings. The topological polar surface area (TPSA) is 72.0 Å². The molecule has 6 nitrogen and oxygen atoms in total. The van der Waals surface area contributed by atoms with Crippen molar-refractivity contribution in [1.82, 2.24) is 20.2 Å². The molecule has 3 aromatic rings. The molecule has 0 amide bonds. The van der Waals surface area contributed by atoms with E-state index in [2.05, 4.69) is 57.4 Å². The van der Waals surface area contributed by atoms with Gasteiger partial charge in [-0.3, -0.25) is 15.5 Å². The molecule has 0 saturated carbocycles. The Morgan fingerprint density at radius 3 is 2.77 bits per heavy atom. The molecule has 136 valence electrons. The summed E-state index contributed by atoms with van der Waals surface area (Å²) in [5.41, 5.74) is 7.28. The van der Waals surface area contributed by atoms with Crippen molar-refractivity contribution in [3.8, 4) is 0 Å². The summed E-state index contributed by atoms with van der Waals surface area (Å²) in [6, 6.07) is 10.2. The molecule has 0 bridgehead atoms. The molecule has 26 heavy (non-hydrogen) atoms. The summed E-state index contributed by atoms with van der Waals surface area (Å²) < 4.78 is 4.22. The van der Waals surface area contributed by atoms with Crippen LogP contribution < -0.4 is 15.6 Å². The quantitative estimate of drug-likeness (QED) is 0.381. The standard InChI is InChI=1S/C19H24N6S/c1-5-26(4)25(13-17-10-9-15(11-21-17)14(2)23-20)18-8-6-7-16-12-22-24(3)19(16)18/h6-12,23H,2,4-5,13,20H2,1,3H3. The van der Waals surface area contributed by atoms with Crippen LogP contribution in [-0.2, 0) is 13.6 Å². The van der Waals surface area contributed by atoms with E-state index in [4.69, 9.17) is 5.84 Å². The lowest BCUT2D eigenvalue weighted by atomic mass is 10.2. The molecule has 2 aromatic heterocycles. The van der Waals surface area contributed by atoms with Crippen molar-refractivity contribution in [2.45, 2.75) is 13.5 Å². The van der Waals surface area contributed by atoms with E-state index in [9.17, 15) is 0 Å². The summed E-state index contributed by atoms with van der Waals surface area (Å²) in [6.07, 6.45) is 3.68. The van der Waals surface area contributed by atoms with E-state index in [0.29, 0.717) is 12.2 Å². The highest BCUT2D eigenvalue weighted by Gasteiger charge is 2.16. The van der Waals surface area contributed by atoms with Crippen LogP contribution in [0.4, 0.5) is 5.69 Å². The average molecular weight is 369 g/mol. The maximum atomic E-state index is 5.41. The highest BCUT2D eigenvalue weighted by Crippen LogP contribution is 2.34. The van der Waals surface area contributed by atoms with Crippen molar-refractivity contribution in [3.05, 3.63) is 60.6 Å². The second-order valence-electron chi connectivity index (χ2n) is 5.93. The smallest absolute Gasteiger partial charge is 0.0920 e. The molecule has 0 aliphatic carbocycles. The number of hydrazine groups is 1. The number of aromatic nitrogens is 3. The molecule has 1 unspecified atom stereocenters. The lowest BCUT2D eigenvalue weighted by Crippen LogP contribution is -2.20. The number of para-hydroxylation sites is 1. The van der Waals surface area contributed by atoms with Gasteiger partial charge in [0.2, 0.25) is 0 Å². The predicted molar refractivity (Wildman–Crippen MR) is 113 cm³/mol. The maximum absolute atomic E-state index is 5.41. The third-order valence-corrected chi connectivity index (χ3v) is 5.92. The molecule has 7 heteroatoms. The number of nitrogens with one attached hydrogen (secondary N) is 1. The van der Waals surface area contributed by atoms with Gasteiger partial charge in [0.25, 0.3) is 0 Å². The number of fused-ring (bicyclic) bond motifs is 1. The highest BCUT2D eigenvalue weighted by molar-refractivity contribution is 8.15. The van der Waals surface area contributed by atoms with Gasteiger partial charge in [0.1, 0.15) is 0 Å². The van der Waals surface area contributed by atoms with Crippen LogP contribution in [0.15, 0.2) is 49.3 Å². The van der Waals surface area contributed by atoms with E-state index in [0.717, 1.165) is 33.6 Å². The van der Waals surface area contributed by atoms with E-state index in [-0.39, 0.29) is 10.7 Å². The zero-order valence-corrected chi connectivity index (χ0v) is 16.0. The van der Waals surface area contributed by atoms with Crippen molar-refractivity contribution >= 4 is 38.8 Å². The second-order valence-corrected chi connectivity index (χ2v) is 7.87. The Kier molecular flexibility index (Phi) is 5.39. The molecule has 3 N–H and O–H groups in total. The number of rotatable bonds is 7. The third kappa shape index (κ3) is 3.49. The van der Waals surface area contributed by atoms with Crippen LogP contribution in [0.25, 0.3) is 16.6 Å². The Balaban J connectivity index is 1.98. The summed E-state index contributed by atoms with van der Waals surface area (Å²) in [6.45, 7) is 6.68. The van der Waals surface area contributed by atoms with Crippen molar-refractivity contribution in [2.75, 3.05) is 10.1 Å². The molecule has 0 radical (unpaired) electrons. The molecule has 0 aliphatic heterocycles. The summed E-state index contributed by atoms with van der Waals surface area (Å²) in [7, 11) is 1.79. The number of hydrogen-bond acceptors (Lipinski definition) is 5. The van der Waals surface area contributed by atoms with Crippen molar-refractivity contribution in [2.24, 2.45) is 12.9 Å². The Morgan fingerprint density at radius 2 is 2.12 bits per heavy atom. The number of anilines is 1. The number of hydrogen-bond donors (Lipinski definition) is 2. The zero-order chi connectivity index (χ0) is 18.7. The monoisotopic (exact) mass is 368 g/mol. The van der Waals surface area contributed by atoms with Crippen LogP contribution in [0.1, 0.15) is 18.2 Å². The summed E-state index contributed by atoms with van der Waals surface area (Å²) in [5, 5.41) is 5.52. The Bertz CT molecular complexity index is 944. The molecule has 0 saturated heterocycles. The van der Waals surface area contributed by atoms with Gasteiger partial charge < -0.3 is 9.73 Å². The van der Waals surface area contributed by atoms with Crippen LogP contribution in [0.3, 0.4) is 0 Å². The molecule has 0 fully saturated rings. The number of aryl methyl sites for hydroxylation is 1. The lowest BCUT2D eigenvalue weighted by Gasteiger charge is -2.27. The van der Waals surface area contributed by atoms with Crippen LogP contribution in [0.2, 0.25) is 0 Å². The average Bonchev–Trinajstić information content (AvgIpc) is 3.06. The van der Waals surface area contributed by atoms with Crippen molar-refractivity contribution in [1.29, 1.82) is 0 Å². The Labute approximate surface area is 156 Å². The van der Waals surface area contributed by atoms with Gasteiger partial charge in [0.05, 0.1) is 35.3 Å². The minimum absolute atomic E-state index is 0.178. The molecular formula is C19H24N6S. The Morgan fingerprint density at radius 1 is 1.31 bits per heavy atom. The zero-order valence-electron chi connectivity index (χ0n) is 15.1. The largest absolute Gasteiger partial charge is 0.324 e. The van der Waals surface area contributed by atoms with Gasteiger partial charge in [-0.15, -0.1) is 10.7 Å². The first-order valence-corrected chi connectivity index (χ1v) is 9.87. The fourth-order valence-electron chi connectivity index (χ4n) is 2.81. The van der Waals surface area contributed by atoms with Crippen molar-refractivity contribution < 1.29 is 0 Å². The van der Waals surface area contributed by atoms with Crippen LogP contribution in [0, 0.1) is 0 Å². The van der Waals surface area contributed by atoms with Gasteiger partial charge in [-0.05, 0) is 18.2 Å². The second kappa shape index (κ2) is 7.72. The number of pyridine rings is 1. The van der Waals surface area contributed by atoms with E-state index < -0.39 is 0 Å². The lowest BCUT2D eigenvalue weighted by molar-refractivity contribution is 0.795. The van der Waals surface area contributed by atoms with E-state index >= 15 is 0 Å². The first kappa shape index (κ1) is 18.2. The fraction of sp³-hybridized carbons (Fsp3) is 0.211. The van der Waals surface area contributed by atoms with Gasteiger partial charge in [0, 0.05) is 29.9 Å². The van der Waals surface area contributed by atoms with Crippen LogP contribution in [-0.4, -0.2) is 26.4 Å². The minimum atomic E-state index is -0.178. The van der Waals surface area contributed by atoms with Gasteiger partial charge in [-0.25, -0.2) is 0 Å². The molecule has 3 rings (SSSR count). The maximum Gasteiger partial charge on any atom is 0.0920 e. The number of nitrogens with zero attached hydrogens (tertiary/aromatic N) is 4. The number of nitrogens with two attached hydrogens (primary N) is 1. The van der Waals surface area contributed by atoms with Crippen molar-refractivity contribution in [3.63, 3.8) is 0 Å². The summed E-state index contributed by atoms with van der Waals surface area (Å²) in [4.78, 5) is 4.58. The van der Waals surface area contributed by atoms with Gasteiger partial charge in [0.15, 0.2) is 0 Å². The van der Waals surface area contributed by atoms with E-state index in [1.165, 1.54) is 0 Å². The molecule has 1 aromatic carbocycles. The fourth-order valence-corrected chi connectivity index (χ4v) is 3.86.